The van der Waals surface area contributed by atoms with E-state index in [9.17, 15) is 0 Å². The summed E-state index contributed by atoms with van der Waals surface area (Å²) in [6.07, 6.45) is 8.12. The molecule has 1 aliphatic heterocycles. The molecule has 2 heterocycles. The largest absolute Gasteiger partial charge is 0.355 e. The van der Waals surface area contributed by atoms with Crippen LogP contribution < -0.4 is 10.6 Å². The molecule has 146 valence electrons. The van der Waals surface area contributed by atoms with Gasteiger partial charge in [0, 0.05) is 44.8 Å². The molecule has 1 aliphatic carbocycles. The Kier molecular flexibility index (Phi) is 6.57. The lowest BCUT2D eigenvalue weighted by atomic mass is 9.94. The highest BCUT2D eigenvalue weighted by molar-refractivity contribution is 5.80. The quantitative estimate of drug-likeness (QED) is 0.624. The Morgan fingerprint density at radius 2 is 2.08 bits per heavy atom. The summed E-state index contributed by atoms with van der Waals surface area (Å²) in [5, 5.41) is 11.9. The summed E-state index contributed by atoms with van der Waals surface area (Å²) < 4.78 is 2.10. The third kappa shape index (κ3) is 5.00. The van der Waals surface area contributed by atoms with Gasteiger partial charge in [-0.05, 0) is 64.1 Å². The van der Waals surface area contributed by atoms with E-state index in [2.05, 4.69) is 52.2 Å². The number of hydrogen-bond donors (Lipinski definition) is 2. The van der Waals surface area contributed by atoms with E-state index in [1.807, 2.05) is 7.05 Å². The zero-order valence-corrected chi connectivity index (χ0v) is 17.0. The molecular weight excluding hydrogens is 324 g/mol. The summed E-state index contributed by atoms with van der Waals surface area (Å²) in [6, 6.07) is 0.847. The number of guanidine groups is 1. The fourth-order valence-electron chi connectivity index (χ4n) is 3.91. The first-order chi connectivity index (χ1) is 12.5. The Bertz CT molecular complexity index is 597. The number of nitrogens with zero attached hydrogens (tertiary/aromatic N) is 4. The summed E-state index contributed by atoms with van der Waals surface area (Å²) in [5.74, 6) is 1.82. The number of piperidine rings is 1. The molecule has 0 aromatic carbocycles. The van der Waals surface area contributed by atoms with Crippen LogP contribution in [-0.2, 0) is 12.8 Å². The lowest BCUT2D eigenvalue weighted by Gasteiger charge is -2.30. The Balaban J connectivity index is 1.43. The molecule has 0 radical (unpaired) electrons. The summed E-state index contributed by atoms with van der Waals surface area (Å²) in [4.78, 5) is 6.98. The smallest absolute Gasteiger partial charge is 0.191 e. The van der Waals surface area contributed by atoms with Crippen molar-refractivity contribution in [2.45, 2.75) is 65.0 Å². The maximum absolute atomic E-state index is 4.77. The first kappa shape index (κ1) is 19.2. The topological polar surface area (TPSA) is 57.5 Å². The molecule has 0 amide bonds. The molecule has 1 fully saturated rings. The molecule has 2 aliphatic rings. The van der Waals surface area contributed by atoms with Gasteiger partial charge in [0.1, 0.15) is 0 Å². The normalized spacial score (nSPS) is 22.5. The predicted molar refractivity (Wildman–Crippen MR) is 108 cm³/mol. The summed E-state index contributed by atoms with van der Waals surface area (Å²) in [5.41, 5.74) is 2.67. The van der Waals surface area contributed by atoms with E-state index < -0.39 is 0 Å². The maximum atomic E-state index is 4.77. The first-order valence-corrected chi connectivity index (χ1v) is 10.3. The SMILES string of the molecule is CN=C(NCCN1CCC(C)CC1)NC1CCc2cn(C(C)C)nc2C1. The third-order valence-electron chi connectivity index (χ3n) is 5.79. The zero-order chi connectivity index (χ0) is 18.5. The summed E-state index contributed by atoms with van der Waals surface area (Å²) >= 11 is 0. The minimum Gasteiger partial charge on any atom is -0.355 e. The van der Waals surface area contributed by atoms with Gasteiger partial charge in [0.15, 0.2) is 5.96 Å². The molecule has 6 nitrogen and oxygen atoms in total. The van der Waals surface area contributed by atoms with Crippen LogP contribution in [0.1, 0.15) is 57.3 Å². The van der Waals surface area contributed by atoms with Gasteiger partial charge in [-0.3, -0.25) is 9.67 Å². The average molecular weight is 361 g/mol. The predicted octanol–water partition coefficient (Wildman–Crippen LogP) is 2.22. The minimum atomic E-state index is 0.417. The number of aliphatic imine (C=N–C) groups is 1. The van der Waals surface area contributed by atoms with Crippen molar-refractivity contribution in [2.24, 2.45) is 10.9 Å². The van der Waals surface area contributed by atoms with Crippen molar-refractivity contribution in [2.75, 3.05) is 33.2 Å². The Hall–Kier alpha value is -1.56. The highest BCUT2D eigenvalue weighted by Gasteiger charge is 2.23. The number of fused-ring (bicyclic) bond motifs is 1. The molecule has 1 aromatic heterocycles. The van der Waals surface area contributed by atoms with Crippen molar-refractivity contribution >= 4 is 5.96 Å². The van der Waals surface area contributed by atoms with E-state index in [1.54, 1.807) is 0 Å². The van der Waals surface area contributed by atoms with Crippen LogP contribution in [0.25, 0.3) is 0 Å². The van der Waals surface area contributed by atoms with Crippen molar-refractivity contribution in [3.05, 3.63) is 17.5 Å². The Labute approximate surface area is 158 Å². The molecular formula is C20H36N6. The van der Waals surface area contributed by atoms with E-state index in [4.69, 9.17) is 5.10 Å². The van der Waals surface area contributed by atoms with Gasteiger partial charge >= 0.3 is 0 Å². The zero-order valence-electron chi connectivity index (χ0n) is 17.0. The van der Waals surface area contributed by atoms with Crippen LogP contribution in [0.5, 0.6) is 0 Å². The number of aryl methyl sites for hydroxylation is 1. The van der Waals surface area contributed by atoms with Crippen LogP contribution in [0.4, 0.5) is 0 Å². The van der Waals surface area contributed by atoms with Crippen LogP contribution in [0, 0.1) is 5.92 Å². The van der Waals surface area contributed by atoms with Gasteiger partial charge in [0.25, 0.3) is 0 Å². The second-order valence-electron chi connectivity index (χ2n) is 8.28. The van der Waals surface area contributed by atoms with Gasteiger partial charge in [-0.25, -0.2) is 0 Å². The molecule has 1 unspecified atom stereocenters. The van der Waals surface area contributed by atoms with Crippen LogP contribution in [0.3, 0.4) is 0 Å². The van der Waals surface area contributed by atoms with Crippen LogP contribution >= 0.6 is 0 Å². The molecule has 1 atom stereocenters. The fraction of sp³-hybridized carbons (Fsp3) is 0.800. The molecule has 1 saturated heterocycles. The molecule has 2 N–H and O–H groups in total. The highest BCUT2D eigenvalue weighted by Crippen LogP contribution is 2.21. The van der Waals surface area contributed by atoms with Crippen molar-refractivity contribution in [1.82, 2.24) is 25.3 Å². The number of likely N-dealkylation sites (tertiary alicyclic amines) is 1. The minimum absolute atomic E-state index is 0.417. The van der Waals surface area contributed by atoms with Crippen molar-refractivity contribution < 1.29 is 0 Å². The molecule has 0 spiro atoms. The van der Waals surface area contributed by atoms with E-state index in [0.29, 0.717) is 12.1 Å². The van der Waals surface area contributed by atoms with Crippen molar-refractivity contribution in [1.29, 1.82) is 0 Å². The second-order valence-corrected chi connectivity index (χ2v) is 8.28. The molecule has 1 aromatic rings. The number of hydrogen-bond acceptors (Lipinski definition) is 3. The standard InChI is InChI=1S/C20H36N6/c1-15(2)26-14-17-5-6-18(13-19(17)24-26)23-20(21-4)22-9-12-25-10-7-16(3)8-11-25/h14-16,18H,5-13H2,1-4H3,(H2,21,22,23). The number of rotatable bonds is 5. The third-order valence-corrected chi connectivity index (χ3v) is 5.79. The van der Waals surface area contributed by atoms with Crippen molar-refractivity contribution in [3.63, 3.8) is 0 Å². The number of aromatic nitrogens is 2. The van der Waals surface area contributed by atoms with Crippen LogP contribution in [0.2, 0.25) is 0 Å². The molecule has 6 heteroatoms. The maximum Gasteiger partial charge on any atom is 0.191 e. The van der Waals surface area contributed by atoms with Gasteiger partial charge in [-0.2, -0.15) is 5.10 Å². The van der Waals surface area contributed by atoms with Gasteiger partial charge in [0.05, 0.1) is 5.69 Å². The summed E-state index contributed by atoms with van der Waals surface area (Å²) in [6.45, 7) is 11.2. The van der Waals surface area contributed by atoms with Gasteiger partial charge in [-0.15, -0.1) is 0 Å². The lowest BCUT2D eigenvalue weighted by molar-refractivity contribution is 0.195. The van der Waals surface area contributed by atoms with Crippen LogP contribution in [-0.4, -0.2) is 59.9 Å². The Morgan fingerprint density at radius 3 is 2.77 bits per heavy atom. The van der Waals surface area contributed by atoms with Crippen LogP contribution in [0.15, 0.2) is 11.2 Å². The summed E-state index contributed by atoms with van der Waals surface area (Å²) in [7, 11) is 1.86. The lowest BCUT2D eigenvalue weighted by Crippen LogP contribution is -2.48. The monoisotopic (exact) mass is 360 g/mol. The molecule has 3 rings (SSSR count). The molecule has 0 saturated carbocycles. The average Bonchev–Trinajstić information content (AvgIpc) is 3.06. The fourth-order valence-corrected chi connectivity index (χ4v) is 3.91. The Morgan fingerprint density at radius 1 is 1.31 bits per heavy atom. The number of nitrogens with one attached hydrogen (secondary N) is 2. The van der Waals surface area contributed by atoms with E-state index in [1.165, 1.54) is 37.2 Å². The second kappa shape index (κ2) is 8.89. The van der Waals surface area contributed by atoms with Gasteiger partial charge in [-0.1, -0.05) is 6.92 Å². The van der Waals surface area contributed by atoms with E-state index >= 15 is 0 Å². The van der Waals surface area contributed by atoms with E-state index in [0.717, 1.165) is 44.2 Å². The van der Waals surface area contributed by atoms with Gasteiger partial charge in [0.2, 0.25) is 0 Å². The highest BCUT2D eigenvalue weighted by atomic mass is 15.3. The first-order valence-electron chi connectivity index (χ1n) is 10.3. The van der Waals surface area contributed by atoms with E-state index in [-0.39, 0.29) is 0 Å². The van der Waals surface area contributed by atoms with Crippen molar-refractivity contribution in [3.8, 4) is 0 Å². The van der Waals surface area contributed by atoms with Gasteiger partial charge < -0.3 is 15.5 Å². The molecule has 0 bridgehead atoms. The molecule has 26 heavy (non-hydrogen) atoms.